The van der Waals surface area contributed by atoms with E-state index in [1.165, 1.54) is 16.3 Å². The first kappa shape index (κ1) is 18.9. The standard InChI is InChI=1S/C19H13BrClN5OS/c1-11-17(24-23-15-5-3-2-4-14(15)21)18(27)26(25-11)19-22-16(10-28-19)12-6-8-13(20)9-7-12/h2-10,17H,1H3/t17-/m0/s1. The number of hydrogen-bond donors (Lipinski definition) is 0. The largest absolute Gasteiger partial charge is 0.282 e. The third-order valence-corrected chi connectivity index (χ3v) is 5.71. The molecule has 28 heavy (non-hydrogen) atoms. The van der Waals surface area contributed by atoms with Crippen LogP contribution in [0.15, 0.2) is 73.7 Å². The summed E-state index contributed by atoms with van der Waals surface area (Å²) in [6.07, 6.45) is 0. The number of nitrogens with zero attached hydrogens (tertiary/aromatic N) is 5. The van der Waals surface area contributed by atoms with Crippen LogP contribution in [-0.2, 0) is 4.79 Å². The van der Waals surface area contributed by atoms with Crippen LogP contribution in [0, 0.1) is 0 Å². The van der Waals surface area contributed by atoms with Crippen LogP contribution in [-0.4, -0.2) is 22.6 Å². The number of thiazole rings is 1. The third kappa shape index (κ3) is 3.76. The summed E-state index contributed by atoms with van der Waals surface area (Å²) in [5.41, 5.74) is 2.82. The lowest BCUT2D eigenvalue weighted by Crippen LogP contribution is -2.29. The SMILES string of the molecule is CC1=NN(c2nc(-c3ccc(Br)cc3)cs2)C(=O)[C@H]1N=Nc1ccccc1Cl. The van der Waals surface area contributed by atoms with E-state index in [-0.39, 0.29) is 5.91 Å². The highest BCUT2D eigenvalue weighted by Crippen LogP contribution is 2.31. The molecule has 0 saturated carbocycles. The number of hydrazone groups is 1. The number of carbonyl (C=O) groups is 1. The molecule has 1 aliphatic heterocycles. The summed E-state index contributed by atoms with van der Waals surface area (Å²) in [4.78, 5) is 17.3. The van der Waals surface area contributed by atoms with Crippen molar-refractivity contribution in [3.8, 4) is 11.3 Å². The molecule has 0 radical (unpaired) electrons. The molecular formula is C19H13BrClN5OS. The lowest BCUT2D eigenvalue weighted by molar-refractivity contribution is -0.117. The number of anilines is 1. The monoisotopic (exact) mass is 473 g/mol. The van der Waals surface area contributed by atoms with E-state index in [0.717, 1.165) is 15.7 Å². The zero-order chi connectivity index (χ0) is 19.7. The van der Waals surface area contributed by atoms with Crippen molar-refractivity contribution in [3.05, 3.63) is 63.4 Å². The van der Waals surface area contributed by atoms with E-state index < -0.39 is 6.04 Å². The highest BCUT2D eigenvalue weighted by atomic mass is 79.9. The predicted molar refractivity (Wildman–Crippen MR) is 116 cm³/mol. The minimum Gasteiger partial charge on any atom is -0.269 e. The number of carbonyl (C=O) groups excluding carboxylic acids is 1. The number of aromatic nitrogens is 1. The maximum Gasteiger partial charge on any atom is 0.282 e. The molecule has 9 heteroatoms. The first-order valence-corrected chi connectivity index (χ1v) is 10.3. The maximum absolute atomic E-state index is 12.8. The fraction of sp³-hybridized carbons (Fsp3) is 0.105. The van der Waals surface area contributed by atoms with E-state index in [9.17, 15) is 4.79 Å². The van der Waals surface area contributed by atoms with Crippen LogP contribution >= 0.6 is 38.9 Å². The second-order valence-corrected chi connectivity index (χ2v) is 8.14. The van der Waals surface area contributed by atoms with Gasteiger partial charge in [0.1, 0.15) is 5.69 Å². The van der Waals surface area contributed by atoms with Crippen molar-refractivity contribution >= 4 is 61.3 Å². The second kappa shape index (κ2) is 7.90. The number of azo groups is 1. The van der Waals surface area contributed by atoms with Gasteiger partial charge in [0.25, 0.3) is 5.91 Å². The molecule has 0 fully saturated rings. The number of benzene rings is 2. The summed E-state index contributed by atoms with van der Waals surface area (Å²) in [5, 5.41) is 16.8. The zero-order valence-corrected chi connectivity index (χ0v) is 17.7. The van der Waals surface area contributed by atoms with Crippen molar-refractivity contribution in [2.45, 2.75) is 13.0 Å². The molecule has 3 aromatic rings. The fourth-order valence-electron chi connectivity index (χ4n) is 2.59. The fourth-order valence-corrected chi connectivity index (χ4v) is 3.82. The molecule has 0 bridgehead atoms. The molecule has 0 N–H and O–H groups in total. The molecule has 2 heterocycles. The Kier molecular flexibility index (Phi) is 5.34. The smallest absolute Gasteiger partial charge is 0.269 e. The number of rotatable bonds is 4. The minimum absolute atomic E-state index is 0.287. The Morgan fingerprint density at radius 2 is 1.93 bits per heavy atom. The Morgan fingerprint density at radius 1 is 1.18 bits per heavy atom. The molecule has 1 atom stereocenters. The minimum atomic E-state index is -0.781. The molecule has 140 valence electrons. The molecule has 4 rings (SSSR count). The first-order chi connectivity index (χ1) is 13.5. The first-order valence-electron chi connectivity index (χ1n) is 8.29. The van der Waals surface area contributed by atoms with E-state index in [1.54, 1.807) is 19.1 Å². The van der Waals surface area contributed by atoms with Crippen molar-refractivity contribution in [1.82, 2.24) is 4.98 Å². The molecule has 1 amide bonds. The van der Waals surface area contributed by atoms with Crippen LogP contribution in [0.4, 0.5) is 10.8 Å². The van der Waals surface area contributed by atoms with Crippen LogP contribution in [0.25, 0.3) is 11.3 Å². The quantitative estimate of drug-likeness (QED) is 0.429. The molecule has 2 aromatic carbocycles. The van der Waals surface area contributed by atoms with E-state index in [2.05, 4.69) is 36.2 Å². The van der Waals surface area contributed by atoms with Gasteiger partial charge >= 0.3 is 0 Å². The van der Waals surface area contributed by atoms with Gasteiger partial charge < -0.3 is 0 Å². The Balaban J connectivity index is 1.55. The van der Waals surface area contributed by atoms with Crippen LogP contribution in [0.3, 0.4) is 0 Å². The molecular weight excluding hydrogens is 462 g/mol. The molecule has 6 nitrogen and oxygen atoms in total. The van der Waals surface area contributed by atoms with Crippen molar-refractivity contribution in [1.29, 1.82) is 0 Å². The molecule has 0 spiro atoms. The average Bonchev–Trinajstić information content (AvgIpc) is 3.27. The van der Waals surface area contributed by atoms with Gasteiger partial charge in [-0.2, -0.15) is 20.3 Å². The van der Waals surface area contributed by atoms with Crippen LogP contribution in [0.5, 0.6) is 0 Å². The summed E-state index contributed by atoms with van der Waals surface area (Å²) in [6, 6.07) is 14.1. The van der Waals surface area contributed by atoms with Crippen molar-refractivity contribution in [3.63, 3.8) is 0 Å². The van der Waals surface area contributed by atoms with E-state index in [0.29, 0.717) is 21.6 Å². The Morgan fingerprint density at radius 3 is 2.68 bits per heavy atom. The van der Waals surface area contributed by atoms with Crippen molar-refractivity contribution in [2.24, 2.45) is 15.3 Å². The van der Waals surface area contributed by atoms with Gasteiger partial charge in [0.2, 0.25) is 5.13 Å². The van der Waals surface area contributed by atoms with E-state index in [4.69, 9.17) is 11.6 Å². The molecule has 1 aromatic heterocycles. The van der Waals surface area contributed by atoms with Gasteiger partial charge in [0.15, 0.2) is 6.04 Å². The second-order valence-electron chi connectivity index (χ2n) is 5.98. The zero-order valence-electron chi connectivity index (χ0n) is 14.6. The maximum atomic E-state index is 12.8. The van der Waals surface area contributed by atoms with E-state index >= 15 is 0 Å². The Labute approximate surface area is 178 Å². The summed E-state index contributed by atoms with van der Waals surface area (Å²) in [5.74, 6) is -0.287. The Hall–Kier alpha value is -2.42. The van der Waals surface area contributed by atoms with E-state index in [1.807, 2.05) is 41.8 Å². The van der Waals surface area contributed by atoms with Gasteiger partial charge in [-0.1, -0.05) is 51.8 Å². The molecule has 0 saturated heterocycles. The van der Waals surface area contributed by atoms with Crippen molar-refractivity contribution in [2.75, 3.05) is 5.01 Å². The lowest BCUT2D eigenvalue weighted by Gasteiger charge is -2.08. The van der Waals surface area contributed by atoms with Gasteiger partial charge in [-0.3, -0.25) is 4.79 Å². The van der Waals surface area contributed by atoms with Crippen LogP contribution in [0.1, 0.15) is 6.92 Å². The van der Waals surface area contributed by atoms with Crippen LogP contribution < -0.4 is 5.01 Å². The number of hydrogen-bond acceptors (Lipinski definition) is 6. The highest BCUT2D eigenvalue weighted by molar-refractivity contribution is 9.10. The number of amides is 1. The summed E-state index contributed by atoms with van der Waals surface area (Å²) < 4.78 is 0.994. The Bertz CT molecular complexity index is 1100. The summed E-state index contributed by atoms with van der Waals surface area (Å²) in [7, 11) is 0. The molecule has 1 aliphatic rings. The average molecular weight is 475 g/mol. The topological polar surface area (TPSA) is 70.3 Å². The van der Waals surface area contributed by atoms with Crippen molar-refractivity contribution < 1.29 is 4.79 Å². The molecule has 0 aliphatic carbocycles. The van der Waals surface area contributed by atoms with Gasteiger partial charge in [-0.15, -0.1) is 11.3 Å². The van der Waals surface area contributed by atoms with Gasteiger partial charge in [0.05, 0.1) is 16.4 Å². The molecule has 0 unspecified atom stereocenters. The lowest BCUT2D eigenvalue weighted by atomic mass is 10.2. The van der Waals surface area contributed by atoms with Gasteiger partial charge in [-0.25, -0.2) is 4.98 Å². The van der Waals surface area contributed by atoms with Crippen LogP contribution in [0.2, 0.25) is 5.02 Å². The van der Waals surface area contributed by atoms with Gasteiger partial charge in [0, 0.05) is 15.4 Å². The summed E-state index contributed by atoms with van der Waals surface area (Å²) >= 11 is 10.9. The highest BCUT2D eigenvalue weighted by Gasteiger charge is 2.36. The number of halogens is 2. The van der Waals surface area contributed by atoms with Gasteiger partial charge in [-0.05, 0) is 31.2 Å². The predicted octanol–water partition coefficient (Wildman–Crippen LogP) is 6.10. The third-order valence-electron chi connectivity index (χ3n) is 4.04. The summed E-state index contributed by atoms with van der Waals surface area (Å²) in [6.45, 7) is 1.75. The normalized spacial score (nSPS) is 16.8.